The predicted octanol–water partition coefficient (Wildman–Crippen LogP) is 9.89. The van der Waals surface area contributed by atoms with Crippen LogP contribution < -0.4 is 25.8 Å². The molecular formula is C40H32F6N6O6S2. The Morgan fingerprint density at radius 3 is 1.38 bits per heavy atom. The summed E-state index contributed by atoms with van der Waals surface area (Å²) in [5.41, 5.74) is 5.77. The topological polar surface area (TPSA) is 189 Å². The molecule has 0 aromatic heterocycles. The first kappa shape index (κ1) is 45.6. The molecule has 0 saturated carbocycles. The van der Waals surface area contributed by atoms with Gasteiger partial charge < -0.3 is 16.4 Å². The van der Waals surface area contributed by atoms with Gasteiger partial charge in [0.2, 0.25) is 6.08 Å². The van der Waals surface area contributed by atoms with E-state index in [1.807, 2.05) is 6.07 Å². The summed E-state index contributed by atoms with van der Waals surface area (Å²) < 4.78 is 128. The molecule has 0 unspecified atom stereocenters. The second kappa shape index (κ2) is 20.0. The number of anilines is 5. The summed E-state index contributed by atoms with van der Waals surface area (Å²) in [5, 5.41) is 4.83. The number of para-hydroxylation sites is 2. The van der Waals surface area contributed by atoms with Crippen LogP contribution in [0.25, 0.3) is 0 Å². The maximum absolute atomic E-state index is 12.6. The zero-order valence-electron chi connectivity index (χ0n) is 30.6. The smallest absolute Gasteiger partial charge is 0.399 e. The average Bonchev–Trinajstić information content (AvgIpc) is 3.19. The number of nitrogens with two attached hydrogens (primary N) is 1. The minimum atomic E-state index is -4.47. The molecule has 0 aliphatic heterocycles. The Kier molecular flexibility index (Phi) is 15.2. The van der Waals surface area contributed by atoms with Crippen LogP contribution in [0.5, 0.6) is 0 Å². The van der Waals surface area contributed by atoms with E-state index in [-0.39, 0.29) is 26.9 Å². The first-order chi connectivity index (χ1) is 28.2. The number of halogens is 6. The Labute approximate surface area is 339 Å². The van der Waals surface area contributed by atoms with Gasteiger partial charge in [0.25, 0.3) is 20.0 Å². The summed E-state index contributed by atoms with van der Waals surface area (Å²) in [6.45, 7) is 0. The van der Waals surface area contributed by atoms with Gasteiger partial charge in [-0.05, 0) is 109 Å². The van der Waals surface area contributed by atoms with Gasteiger partial charge in [-0.15, -0.1) is 0 Å². The molecule has 20 heteroatoms. The normalized spacial score (nSPS) is 11.2. The quantitative estimate of drug-likeness (QED) is 0.0414. The highest BCUT2D eigenvalue weighted by Gasteiger charge is 2.30. The van der Waals surface area contributed by atoms with Crippen molar-refractivity contribution in [2.75, 3.05) is 25.8 Å². The van der Waals surface area contributed by atoms with Crippen molar-refractivity contribution in [3.05, 3.63) is 169 Å². The number of hydrogen-bond acceptors (Lipinski definition) is 8. The van der Waals surface area contributed by atoms with E-state index in [9.17, 15) is 52.8 Å². The number of carbonyl (C=O) groups is 1. The van der Waals surface area contributed by atoms with Gasteiger partial charge in [0.1, 0.15) is 0 Å². The molecule has 0 atom stereocenters. The molecule has 2 amide bonds. The standard InChI is InChI=1S/C20H16F3N3O3S.C12H12N2O2S.C8H4F3NO/c21-20(22,23)14-9-11-15(12-10-14)24-19(27)25-17-7-4-8-18(13-17)30(28,29)26-16-5-2-1-3-6-16;13-10-5-4-8-12(9-10)17(15,16)14-11-6-2-1-3-7-11;9-8(10,11)6-1-3-7(4-2-6)12-5-13/h1-13,26H,(H2,24,25,27);1-9,14H,13H2;1-4H. The summed E-state index contributed by atoms with van der Waals surface area (Å²) in [6.07, 6.45) is -7.59. The van der Waals surface area contributed by atoms with Crippen LogP contribution in [0, 0.1) is 0 Å². The van der Waals surface area contributed by atoms with Gasteiger partial charge in [-0.1, -0.05) is 48.5 Å². The first-order valence-corrected chi connectivity index (χ1v) is 19.8. The van der Waals surface area contributed by atoms with Crippen molar-refractivity contribution < 1.29 is 52.8 Å². The van der Waals surface area contributed by atoms with Gasteiger partial charge in [0, 0.05) is 28.4 Å². The van der Waals surface area contributed by atoms with Crippen LogP contribution in [-0.2, 0) is 37.2 Å². The number of isocyanates is 1. The molecule has 0 aliphatic rings. The monoisotopic (exact) mass is 870 g/mol. The third-order valence-corrected chi connectivity index (χ3v) is 10.2. The molecule has 0 fully saturated rings. The van der Waals surface area contributed by atoms with Crippen molar-refractivity contribution in [2.45, 2.75) is 22.1 Å². The highest BCUT2D eigenvalue weighted by atomic mass is 32.2. The maximum atomic E-state index is 12.6. The Hall–Kier alpha value is -7.15. The molecule has 0 radical (unpaired) electrons. The lowest BCUT2D eigenvalue weighted by Gasteiger charge is -2.11. The van der Waals surface area contributed by atoms with E-state index < -0.39 is 49.6 Å². The lowest BCUT2D eigenvalue weighted by atomic mass is 10.2. The van der Waals surface area contributed by atoms with E-state index in [0.717, 1.165) is 48.5 Å². The van der Waals surface area contributed by atoms with Crippen LogP contribution >= 0.6 is 0 Å². The minimum Gasteiger partial charge on any atom is -0.399 e. The maximum Gasteiger partial charge on any atom is 0.416 e. The van der Waals surface area contributed by atoms with Gasteiger partial charge in [0.05, 0.1) is 26.6 Å². The third kappa shape index (κ3) is 14.3. The molecule has 6 rings (SSSR count). The number of sulfonamides is 2. The van der Waals surface area contributed by atoms with Crippen LogP contribution in [-0.4, -0.2) is 28.9 Å². The van der Waals surface area contributed by atoms with Gasteiger partial charge in [0.15, 0.2) is 0 Å². The van der Waals surface area contributed by atoms with E-state index in [1.165, 1.54) is 42.5 Å². The van der Waals surface area contributed by atoms with E-state index >= 15 is 0 Å². The minimum absolute atomic E-state index is 0.0707. The number of urea groups is 1. The second-order valence-corrected chi connectivity index (χ2v) is 15.3. The molecule has 0 bridgehead atoms. The van der Waals surface area contributed by atoms with Crippen LogP contribution in [0.3, 0.4) is 0 Å². The zero-order valence-corrected chi connectivity index (χ0v) is 32.2. The molecule has 6 N–H and O–H groups in total. The van der Waals surface area contributed by atoms with Crippen molar-refractivity contribution in [2.24, 2.45) is 4.99 Å². The fourth-order valence-electron chi connectivity index (χ4n) is 4.68. The Balaban J connectivity index is 0.000000222. The Morgan fingerprint density at radius 1 is 0.517 bits per heavy atom. The molecule has 12 nitrogen and oxygen atoms in total. The van der Waals surface area contributed by atoms with Gasteiger partial charge >= 0.3 is 18.4 Å². The lowest BCUT2D eigenvalue weighted by molar-refractivity contribution is -0.138. The van der Waals surface area contributed by atoms with Crippen molar-refractivity contribution in [1.29, 1.82) is 0 Å². The van der Waals surface area contributed by atoms with Crippen molar-refractivity contribution in [1.82, 2.24) is 0 Å². The average molecular weight is 871 g/mol. The summed E-state index contributed by atoms with van der Waals surface area (Å²) in [7, 11) is -7.44. The molecule has 0 saturated heterocycles. The van der Waals surface area contributed by atoms with Crippen molar-refractivity contribution in [3.8, 4) is 0 Å². The van der Waals surface area contributed by atoms with Crippen LogP contribution in [0.15, 0.2) is 173 Å². The molecule has 0 aliphatic carbocycles. The largest absolute Gasteiger partial charge is 0.416 e. The number of rotatable bonds is 9. The number of amides is 2. The summed E-state index contributed by atoms with van der Waals surface area (Å²) in [4.78, 5) is 25.1. The van der Waals surface area contributed by atoms with Gasteiger partial charge in [-0.3, -0.25) is 9.44 Å². The van der Waals surface area contributed by atoms with Gasteiger partial charge in [-0.25, -0.2) is 26.4 Å². The number of carbonyl (C=O) groups excluding carboxylic acids is 2. The zero-order chi connectivity index (χ0) is 44.0. The summed E-state index contributed by atoms with van der Waals surface area (Å²) in [5.74, 6) is 0. The van der Waals surface area contributed by atoms with E-state index in [4.69, 9.17) is 5.73 Å². The van der Waals surface area contributed by atoms with Crippen LogP contribution in [0.1, 0.15) is 11.1 Å². The molecular weight excluding hydrogens is 839 g/mol. The van der Waals surface area contributed by atoms with Crippen LogP contribution in [0.2, 0.25) is 0 Å². The molecule has 0 heterocycles. The Bertz CT molecular complexity index is 2630. The fourth-order valence-corrected chi connectivity index (χ4v) is 6.89. The van der Waals surface area contributed by atoms with Gasteiger partial charge in [-0.2, -0.15) is 31.3 Å². The Morgan fingerprint density at radius 2 is 0.933 bits per heavy atom. The highest BCUT2D eigenvalue weighted by Crippen LogP contribution is 2.31. The van der Waals surface area contributed by atoms with E-state index in [1.54, 1.807) is 66.7 Å². The lowest BCUT2D eigenvalue weighted by Crippen LogP contribution is -2.20. The number of aliphatic imine (C=N–C) groups is 1. The number of nitrogen functional groups attached to an aromatic ring is 1. The van der Waals surface area contributed by atoms with Crippen molar-refractivity contribution >= 4 is 66.3 Å². The third-order valence-electron chi connectivity index (χ3n) is 7.46. The number of benzene rings is 6. The predicted molar refractivity (Wildman–Crippen MR) is 215 cm³/mol. The summed E-state index contributed by atoms with van der Waals surface area (Å²) >= 11 is 0. The van der Waals surface area contributed by atoms with Crippen LogP contribution in [0.4, 0.5) is 65.3 Å². The van der Waals surface area contributed by atoms with E-state index in [0.29, 0.717) is 17.1 Å². The first-order valence-electron chi connectivity index (χ1n) is 16.9. The fraction of sp³-hybridized carbons (Fsp3) is 0.0500. The molecule has 6 aromatic carbocycles. The number of alkyl halides is 6. The molecule has 60 heavy (non-hydrogen) atoms. The number of hydrogen-bond donors (Lipinski definition) is 5. The molecule has 312 valence electrons. The van der Waals surface area contributed by atoms with E-state index in [2.05, 4.69) is 25.1 Å². The second-order valence-electron chi connectivity index (χ2n) is 11.9. The molecule has 0 spiro atoms. The highest BCUT2D eigenvalue weighted by molar-refractivity contribution is 7.93. The summed E-state index contributed by atoms with van der Waals surface area (Å²) in [6, 6.07) is 35.9. The molecule has 6 aromatic rings. The SMILES string of the molecule is Nc1cccc(S(=O)(=O)Nc2ccccc2)c1.O=C(Nc1ccc(C(F)(F)F)cc1)Nc1cccc(S(=O)(=O)Nc2ccccc2)c1.O=C=Nc1ccc(C(F)(F)F)cc1. The number of nitrogens with one attached hydrogen (secondary N) is 4. The number of nitrogens with zero attached hydrogens (tertiary/aromatic N) is 1. The van der Waals surface area contributed by atoms with Crippen molar-refractivity contribution in [3.63, 3.8) is 0 Å².